The van der Waals surface area contributed by atoms with Gasteiger partial charge in [-0.15, -0.1) is 11.3 Å². The summed E-state index contributed by atoms with van der Waals surface area (Å²) in [5.74, 6) is -1.33. The van der Waals surface area contributed by atoms with Gasteiger partial charge in [-0.1, -0.05) is 54.6 Å². The van der Waals surface area contributed by atoms with E-state index in [0.29, 0.717) is 16.1 Å². The summed E-state index contributed by atoms with van der Waals surface area (Å²) in [6, 6.07) is 25.0. The minimum absolute atomic E-state index is 0.0635. The maximum Gasteiger partial charge on any atom is 0.269 e. The van der Waals surface area contributed by atoms with Gasteiger partial charge in [-0.2, -0.15) is 5.26 Å². The molecule has 4 aromatic rings. The van der Waals surface area contributed by atoms with Crippen LogP contribution in [-0.2, 0) is 5.41 Å². The highest BCUT2D eigenvalue weighted by Gasteiger charge is 2.72. The lowest BCUT2D eigenvalue weighted by atomic mass is 9.99. The molecule has 0 unspecified atom stereocenters. The summed E-state index contributed by atoms with van der Waals surface area (Å²) >= 11 is 1.40. The molecule has 0 aliphatic heterocycles. The second-order valence-electron chi connectivity index (χ2n) is 7.51. The SMILES string of the molecule is N#C[C@@]1(c2nc3ccccc3s2)[C@H](C(=O)c2ccccc2)[C@H]1c1cccc([N+](=O)[O-])c1. The molecule has 0 bridgehead atoms. The van der Waals surface area contributed by atoms with Crippen LogP contribution in [0.2, 0.25) is 0 Å². The van der Waals surface area contributed by atoms with Crippen molar-refractivity contribution in [3.8, 4) is 6.07 Å². The van der Waals surface area contributed by atoms with Crippen molar-refractivity contribution in [2.45, 2.75) is 11.3 Å². The molecule has 31 heavy (non-hydrogen) atoms. The van der Waals surface area contributed by atoms with Gasteiger partial charge >= 0.3 is 0 Å². The van der Waals surface area contributed by atoms with Crippen molar-refractivity contribution in [2.75, 3.05) is 0 Å². The number of hydrogen-bond donors (Lipinski definition) is 0. The molecule has 3 aromatic carbocycles. The van der Waals surface area contributed by atoms with Gasteiger partial charge in [-0.3, -0.25) is 14.9 Å². The minimum atomic E-state index is -1.16. The van der Waals surface area contributed by atoms with E-state index in [0.717, 1.165) is 10.2 Å². The van der Waals surface area contributed by atoms with E-state index in [9.17, 15) is 20.2 Å². The number of fused-ring (bicyclic) bond motifs is 1. The van der Waals surface area contributed by atoms with Crippen molar-refractivity contribution in [3.05, 3.63) is 105 Å². The number of aromatic nitrogens is 1. The van der Waals surface area contributed by atoms with Crippen LogP contribution in [0.4, 0.5) is 5.69 Å². The van der Waals surface area contributed by atoms with Gasteiger partial charge in [-0.25, -0.2) is 4.98 Å². The minimum Gasteiger partial charge on any atom is -0.294 e. The summed E-state index contributed by atoms with van der Waals surface area (Å²) < 4.78 is 0.933. The van der Waals surface area contributed by atoms with Crippen LogP contribution >= 0.6 is 11.3 Å². The van der Waals surface area contributed by atoms with Gasteiger partial charge in [0.25, 0.3) is 5.69 Å². The molecule has 0 saturated heterocycles. The lowest BCUT2D eigenvalue weighted by molar-refractivity contribution is -0.384. The van der Waals surface area contributed by atoms with Crippen LogP contribution in [0.15, 0.2) is 78.9 Å². The zero-order valence-corrected chi connectivity index (χ0v) is 17.0. The molecule has 3 atom stereocenters. The first-order valence-corrected chi connectivity index (χ1v) is 10.5. The number of carbonyl (C=O) groups is 1. The predicted octanol–water partition coefficient (Wildman–Crippen LogP) is 5.26. The first kappa shape index (κ1) is 19.1. The average molecular weight is 425 g/mol. The monoisotopic (exact) mass is 425 g/mol. The summed E-state index contributed by atoms with van der Waals surface area (Å²) in [6.07, 6.45) is 0. The molecule has 7 heteroatoms. The standard InChI is InChI=1S/C24H15N3O3S/c25-14-24(23-26-18-11-4-5-12-19(18)31-23)20(16-9-6-10-17(13-16)27(29)30)21(24)22(28)15-7-2-1-3-8-15/h1-13,20-21H/t20-,21+,24+/m1/s1. The number of nitrogens with zero attached hydrogens (tertiary/aromatic N) is 3. The molecule has 0 N–H and O–H groups in total. The second kappa shape index (κ2) is 7.11. The zero-order valence-electron chi connectivity index (χ0n) is 16.1. The summed E-state index contributed by atoms with van der Waals surface area (Å²) in [5, 5.41) is 22.2. The largest absolute Gasteiger partial charge is 0.294 e. The highest BCUT2D eigenvalue weighted by atomic mass is 32.1. The number of benzene rings is 3. The van der Waals surface area contributed by atoms with E-state index in [-0.39, 0.29) is 11.5 Å². The maximum absolute atomic E-state index is 13.5. The quantitative estimate of drug-likeness (QED) is 0.247. The van der Waals surface area contributed by atoms with E-state index < -0.39 is 22.2 Å². The van der Waals surface area contributed by atoms with Crippen molar-refractivity contribution < 1.29 is 9.72 Å². The van der Waals surface area contributed by atoms with Gasteiger partial charge in [-0.05, 0) is 17.7 Å². The molecule has 1 aromatic heterocycles. The van der Waals surface area contributed by atoms with Gasteiger partial charge in [0.2, 0.25) is 0 Å². The molecule has 0 radical (unpaired) electrons. The van der Waals surface area contributed by atoms with E-state index in [4.69, 9.17) is 0 Å². The summed E-state index contributed by atoms with van der Waals surface area (Å²) in [7, 11) is 0. The number of ketones is 1. The predicted molar refractivity (Wildman–Crippen MR) is 117 cm³/mol. The number of nitro groups is 1. The van der Waals surface area contributed by atoms with Gasteiger partial charge in [0.05, 0.1) is 27.1 Å². The van der Waals surface area contributed by atoms with Gasteiger partial charge in [0.1, 0.15) is 10.4 Å². The van der Waals surface area contributed by atoms with E-state index in [1.54, 1.807) is 36.4 Å². The fraction of sp³-hybridized carbons (Fsp3) is 0.125. The number of carbonyl (C=O) groups excluding carboxylic acids is 1. The summed E-state index contributed by atoms with van der Waals surface area (Å²) in [5.41, 5.74) is 0.663. The Balaban J connectivity index is 1.68. The molecular weight excluding hydrogens is 410 g/mol. The molecule has 1 heterocycles. The van der Waals surface area contributed by atoms with E-state index >= 15 is 0 Å². The molecule has 150 valence electrons. The van der Waals surface area contributed by atoms with Crippen LogP contribution < -0.4 is 0 Å². The molecule has 0 spiro atoms. The van der Waals surface area contributed by atoms with E-state index in [2.05, 4.69) is 11.1 Å². The lowest BCUT2D eigenvalue weighted by Crippen LogP contribution is -2.13. The van der Waals surface area contributed by atoms with Crippen molar-refractivity contribution >= 4 is 33.0 Å². The second-order valence-corrected chi connectivity index (χ2v) is 8.54. The Kier molecular flexibility index (Phi) is 4.38. The van der Waals surface area contributed by atoms with Crippen molar-refractivity contribution in [1.82, 2.24) is 4.98 Å². The third-order valence-electron chi connectivity index (χ3n) is 5.82. The molecule has 1 saturated carbocycles. The zero-order chi connectivity index (χ0) is 21.6. The Morgan fingerprint density at radius 3 is 2.52 bits per heavy atom. The third-order valence-corrected chi connectivity index (χ3v) is 7.01. The summed E-state index contributed by atoms with van der Waals surface area (Å²) in [6.45, 7) is 0. The van der Waals surface area contributed by atoms with Crippen LogP contribution in [0.3, 0.4) is 0 Å². The van der Waals surface area contributed by atoms with Crippen molar-refractivity contribution in [2.24, 2.45) is 5.92 Å². The van der Waals surface area contributed by atoms with Crippen molar-refractivity contribution in [3.63, 3.8) is 0 Å². The Morgan fingerprint density at radius 2 is 1.81 bits per heavy atom. The first-order valence-electron chi connectivity index (χ1n) is 9.67. The Hall–Kier alpha value is -3.89. The number of nitriles is 1. The highest BCUT2D eigenvalue weighted by molar-refractivity contribution is 7.18. The number of para-hydroxylation sites is 1. The van der Waals surface area contributed by atoms with Crippen LogP contribution in [0.5, 0.6) is 0 Å². The number of thiazole rings is 1. The van der Waals surface area contributed by atoms with Crippen molar-refractivity contribution in [1.29, 1.82) is 5.26 Å². The molecule has 0 amide bonds. The molecule has 1 fully saturated rings. The smallest absolute Gasteiger partial charge is 0.269 e. The molecule has 6 nitrogen and oxygen atoms in total. The molecule has 5 rings (SSSR count). The Labute approximate surface area is 181 Å². The molecule has 1 aliphatic carbocycles. The van der Waals surface area contributed by atoms with Crippen LogP contribution in [0.1, 0.15) is 26.8 Å². The first-order chi connectivity index (χ1) is 15.1. The van der Waals surface area contributed by atoms with Gasteiger partial charge < -0.3 is 0 Å². The molecule has 1 aliphatic rings. The van der Waals surface area contributed by atoms with Crippen LogP contribution in [0.25, 0.3) is 10.2 Å². The number of hydrogen-bond acceptors (Lipinski definition) is 6. The maximum atomic E-state index is 13.5. The van der Waals surface area contributed by atoms with Crippen LogP contribution in [-0.4, -0.2) is 15.7 Å². The fourth-order valence-electron chi connectivity index (χ4n) is 4.32. The topological polar surface area (TPSA) is 96.9 Å². The Bertz CT molecular complexity index is 1340. The van der Waals surface area contributed by atoms with Gasteiger partial charge in [0, 0.05) is 23.6 Å². The highest BCUT2D eigenvalue weighted by Crippen LogP contribution is 2.67. The van der Waals surface area contributed by atoms with E-state index in [1.165, 1.54) is 23.5 Å². The average Bonchev–Trinajstić information content (AvgIpc) is 3.31. The van der Waals surface area contributed by atoms with E-state index in [1.807, 2.05) is 30.3 Å². The third kappa shape index (κ3) is 2.92. The number of nitro benzene ring substituents is 1. The summed E-state index contributed by atoms with van der Waals surface area (Å²) in [4.78, 5) is 29.0. The number of non-ortho nitro benzene ring substituents is 1. The lowest BCUT2D eigenvalue weighted by Gasteiger charge is -2.05. The fourth-order valence-corrected chi connectivity index (χ4v) is 5.50. The molecular formula is C24H15N3O3S. The Morgan fingerprint density at radius 1 is 1.06 bits per heavy atom. The normalized spacial score (nSPS) is 22.0. The number of Topliss-reactive ketones (excluding diaryl/α,β-unsaturated/α-hetero) is 1. The van der Waals surface area contributed by atoms with Gasteiger partial charge in [0.15, 0.2) is 5.78 Å². The number of rotatable bonds is 5. The van der Waals surface area contributed by atoms with Crippen LogP contribution in [0, 0.1) is 27.4 Å².